The second kappa shape index (κ2) is 6.41. The summed E-state index contributed by atoms with van der Waals surface area (Å²) in [4.78, 5) is 33.5. The molecular formula is C24H22N6O2. The fraction of sp³-hybridized carbons (Fsp3) is 0.333. The fourth-order valence-electron chi connectivity index (χ4n) is 6.22. The minimum absolute atomic E-state index is 0.0633. The van der Waals surface area contributed by atoms with E-state index in [0.717, 1.165) is 42.6 Å². The van der Waals surface area contributed by atoms with E-state index in [0.29, 0.717) is 40.4 Å². The van der Waals surface area contributed by atoms with Crippen molar-refractivity contribution in [1.29, 1.82) is 0 Å². The minimum Gasteiger partial charge on any atom is -0.351 e. The van der Waals surface area contributed by atoms with E-state index in [2.05, 4.69) is 20.4 Å². The predicted molar refractivity (Wildman–Crippen MR) is 118 cm³/mol. The third-order valence-electron chi connectivity index (χ3n) is 7.83. The van der Waals surface area contributed by atoms with Gasteiger partial charge in [0, 0.05) is 42.6 Å². The van der Waals surface area contributed by atoms with Crippen LogP contribution in [-0.4, -0.2) is 68.2 Å². The van der Waals surface area contributed by atoms with Crippen molar-refractivity contribution in [3.63, 3.8) is 0 Å². The van der Waals surface area contributed by atoms with Crippen molar-refractivity contribution in [2.24, 2.45) is 23.7 Å². The van der Waals surface area contributed by atoms with E-state index in [9.17, 15) is 9.59 Å². The van der Waals surface area contributed by atoms with Gasteiger partial charge in [-0.1, -0.05) is 23.4 Å². The lowest BCUT2D eigenvalue weighted by molar-refractivity contribution is 0.0629. The zero-order valence-corrected chi connectivity index (χ0v) is 17.4. The first-order valence-electron chi connectivity index (χ1n) is 11.1. The van der Waals surface area contributed by atoms with Crippen LogP contribution in [0.25, 0.3) is 21.9 Å². The van der Waals surface area contributed by atoms with Gasteiger partial charge in [0.15, 0.2) is 0 Å². The van der Waals surface area contributed by atoms with Crippen molar-refractivity contribution in [3.8, 4) is 0 Å². The van der Waals surface area contributed by atoms with E-state index in [4.69, 9.17) is 0 Å². The zero-order chi connectivity index (χ0) is 21.4. The van der Waals surface area contributed by atoms with Gasteiger partial charge >= 0.3 is 0 Å². The van der Waals surface area contributed by atoms with Crippen LogP contribution in [0.15, 0.2) is 48.5 Å². The third kappa shape index (κ3) is 2.49. The number of aromatic amines is 2. The van der Waals surface area contributed by atoms with Gasteiger partial charge in [0.25, 0.3) is 11.8 Å². The summed E-state index contributed by atoms with van der Waals surface area (Å²) in [5.74, 6) is 2.10. The van der Waals surface area contributed by atoms with Crippen molar-refractivity contribution >= 4 is 33.8 Å². The summed E-state index contributed by atoms with van der Waals surface area (Å²) in [6.07, 6.45) is 0. The molecule has 8 nitrogen and oxygen atoms in total. The molecule has 2 amide bonds. The maximum Gasteiger partial charge on any atom is 0.270 e. The highest BCUT2D eigenvalue weighted by Gasteiger charge is 2.59. The maximum atomic E-state index is 13.1. The van der Waals surface area contributed by atoms with Gasteiger partial charge in [-0.05, 0) is 54.0 Å². The van der Waals surface area contributed by atoms with Gasteiger partial charge in [0.2, 0.25) is 0 Å². The van der Waals surface area contributed by atoms with Crippen LogP contribution in [0, 0.1) is 23.7 Å². The number of carbonyl (C=O) groups excluding carboxylic acids is 2. The predicted octanol–water partition coefficient (Wildman–Crippen LogP) is 2.53. The number of fused-ring (bicyclic) bond motifs is 6. The molecule has 2 aromatic carbocycles. The standard InChI is InChI=1S/C24H22N6O2/c31-23(14-5-6-20-21(8-14)27-28-26-20)29-9-15-16(10-29)18-12-30(11-17(15)18)24(32)22-7-13-3-1-2-4-19(13)25-22/h1-8,15-18,25H,9-12H2,(H,26,27,28)/t15-,16+,17?,18?. The number of amides is 2. The van der Waals surface area contributed by atoms with Gasteiger partial charge in [-0.25, -0.2) is 0 Å². The SMILES string of the molecule is O=C(c1ccc2[nH]nnc2c1)N1C[C@@H]2C3CN(C(=O)c4cc5ccccc5[nH]4)CC3[C@@H]2C1. The van der Waals surface area contributed by atoms with Gasteiger partial charge in [-0.15, -0.1) is 5.10 Å². The minimum atomic E-state index is 0.0633. The maximum absolute atomic E-state index is 13.1. The van der Waals surface area contributed by atoms with E-state index in [-0.39, 0.29) is 11.8 Å². The summed E-state index contributed by atoms with van der Waals surface area (Å²) >= 11 is 0. The number of para-hydroxylation sites is 1. The van der Waals surface area contributed by atoms with E-state index >= 15 is 0 Å². The highest BCUT2D eigenvalue weighted by atomic mass is 16.2. The Kier molecular flexibility index (Phi) is 3.60. The lowest BCUT2D eigenvalue weighted by Gasteiger charge is -2.42. The fourth-order valence-corrected chi connectivity index (χ4v) is 6.22. The van der Waals surface area contributed by atoms with Crippen molar-refractivity contribution < 1.29 is 9.59 Å². The molecule has 0 bridgehead atoms. The summed E-state index contributed by atoms with van der Waals surface area (Å²) in [7, 11) is 0. The van der Waals surface area contributed by atoms with Crippen LogP contribution in [0.1, 0.15) is 20.8 Å². The van der Waals surface area contributed by atoms with E-state index in [1.54, 1.807) is 0 Å². The highest BCUT2D eigenvalue weighted by molar-refractivity contribution is 5.98. The zero-order valence-electron chi connectivity index (χ0n) is 17.4. The highest BCUT2D eigenvalue weighted by Crippen LogP contribution is 2.54. The van der Waals surface area contributed by atoms with Crippen LogP contribution < -0.4 is 0 Å². The summed E-state index contributed by atoms with van der Waals surface area (Å²) in [6, 6.07) is 15.4. The molecule has 2 aromatic heterocycles. The quantitative estimate of drug-likeness (QED) is 0.515. The average molecular weight is 426 g/mol. The molecule has 2 aliphatic heterocycles. The normalized spacial score (nSPS) is 26.4. The molecule has 4 aromatic rings. The molecule has 0 radical (unpaired) electrons. The number of hydrogen-bond donors (Lipinski definition) is 2. The number of hydrogen-bond acceptors (Lipinski definition) is 4. The van der Waals surface area contributed by atoms with Crippen LogP contribution in [0.4, 0.5) is 0 Å². The largest absolute Gasteiger partial charge is 0.351 e. The van der Waals surface area contributed by atoms with Gasteiger partial charge in [-0.2, -0.15) is 0 Å². The number of nitrogens with zero attached hydrogens (tertiary/aromatic N) is 4. The van der Waals surface area contributed by atoms with Crippen molar-refractivity contribution in [2.75, 3.05) is 26.2 Å². The summed E-state index contributed by atoms with van der Waals surface area (Å²) in [5, 5.41) is 11.7. The molecule has 1 aliphatic carbocycles. The Labute approximate surface area is 183 Å². The van der Waals surface area contributed by atoms with Gasteiger partial charge in [0.1, 0.15) is 11.2 Å². The Hall–Kier alpha value is -3.68. The first-order valence-corrected chi connectivity index (χ1v) is 11.1. The first-order chi connectivity index (χ1) is 15.7. The smallest absolute Gasteiger partial charge is 0.270 e. The lowest BCUT2D eigenvalue weighted by Crippen LogP contribution is -2.44. The monoisotopic (exact) mass is 426 g/mol. The molecule has 7 rings (SSSR count). The number of benzene rings is 2. The number of nitrogens with one attached hydrogen (secondary N) is 2. The van der Waals surface area contributed by atoms with Crippen LogP contribution >= 0.6 is 0 Å². The van der Waals surface area contributed by atoms with E-state index in [1.807, 2.05) is 58.3 Å². The van der Waals surface area contributed by atoms with E-state index in [1.165, 1.54) is 0 Å². The van der Waals surface area contributed by atoms with Crippen LogP contribution in [0.3, 0.4) is 0 Å². The molecule has 3 fully saturated rings. The first kappa shape index (κ1) is 17.9. The Morgan fingerprint density at radius 2 is 1.50 bits per heavy atom. The van der Waals surface area contributed by atoms with Gasteiger partial charge in [0.05, 0.1) is 5.52 Å². The molecule has 8 heteroatoms. The van der Waals surface area contributed by atoms with Crippen molar-refractivity contribution in [3.05, 3.63) is 59.8 Å². The molecule has 160 valence electrons. The Morgan fingerprint density at radius 3 is 2.22 bits per heavy atom. The van der Waals surface area contributed by atoms with E-state index < -0.39 is 0 Å². The Morgan fingerprint density at radius 1 is 0.812 bits per heavy atom. The molecule has 1 saturated carbocycles. The number of H-pyrrole nitrogens is 2. The molecule has 2 N–H and O–H groups in total. The average Bonchev–Trinajstić information content (AvgIpc) is 3.59. The third-order valence-corrected chi connectivity index (χ3v) is 7.83. The number of rotatable bonds is 2. The number of likely N-dealkylation sites (tertiary alicyclic amines) is 2. The summed E-state index contributed by atoms with van der Waals surface area (Å²) in [6.45, 7) is 3.12. The topological polar surface area (TPSA) is 98.0 Å². The second-order valence-electron chi connectivity index (χ2n) is 9.39. The van der Waals surface area contributed by atoms with Gasteiger partial charge < -0.3 is 14.8 Å². The number of carbonyl (C=O) groups is 2. The van der Waals surface area contributed by atoms with Crippen LogP contribution in [0.5, 0.6) is 0 Å². The molecule has 4 atom stereocenters. The number of aromatic nitrogens is 4. The van der Waals surface area contributed by atoms with Crippen LogP contribution in [-0.2, 0) is 0 Å². The second-order valence-corrected chi connectivity index (χ2v) is 9.39. The molecule has 3 aliphatic rings. The Bertz CT molecular complexity index is 1290. The van der Waals surface area contributed by atoms with Crippen molar-refractivity contribution in [2.45, 2.75) is 0 Å². The molecule has 32 heavy (non-hydrogen) atoms. The summed E-state index contributed by atoms with van der Waals surface area (Å²) < 4.78 is 0. The lowest BCUT2D eigenvalue weighted by atomic mass is 9.60. The molecule has 4 heterocycles. The van der Waals surface area contributed by atoms with Gasteiger partial charge in [-0.3, -0.25) is 14.7 Å². The van der Waals surface area contributed by atoms with Crippen molar-refractivity contribution in [1.82, 2.24) is 30.2 Å². The molecular weight excluding hydrogens is 404 g/mol. The Balaban J connectivity index is 1.05. The summed E-state index contributed by atoms with van der Waals surface area (Å²) in [5.41, 5.74) is 3.86. The molecule has 2 unspecified atom stereocenters. The molecule has 2 saturated heterocycles. The van der Waals surface area contributed by atoms with Crippen LogP contribution in [0.2, 0.25) is 0 Å². The molecule has 0 spiro atoms.